The lowest BCUT2D eigenvalue weighted by Crippen LogP contribution is -2.64. The van der Waals surface area contributed by atoms with Crippen LogP contribution >= 0.6 is 11.3 Å². The first-order valence-electron chi connectivity index (χ1n) is 32.5. The van der Waals surface area contributed by atoms with Crippen LogP contribution in [0.3, 0.4) is 0 Å². The molecule has 5 fully saturated rings. The highest BCUT2D eigenvalue weighted by molar-refractivity contribution is 7.22. The molecular formula is C69H81N9O17S. The lowest BCUT2D eigenvalue weighted by molar-refractivity contribution is -0.249. The number of aliphatic hydroxyl groups excluding tert-OH is 3. The Hall–Kier alpha value is -9.02. The van der Waals surface area contributed by atoms with E-state index in [4.69, 9.17) is 44.2 Å². The number of nitrogens with one attached hydrogen (secondary N) is 1. The molecule has 510 valence electrons. The van der Waals surface area contributed by atoms with E-state index in [2.05, 4.69) is 29.0 Å². The molecule has 7 aliphatic rings. The van der Waals surface area contributed by atoms with E-state index in [0.717, 1.165) is 65.6 Å². The fourth-order valence-corrected chi connectivity index (χ4v) is 17.4. The highest BCUT2D eigenvalue weighted by Gasteiger charge is 2.66. The molecule has 4 bridgehead atoms. The zero-order chi connectivity index (χ0) is 67.7. The number of carboxylic acids is 3. The van der Waals surface area contributed by atoms with Crippen LogP contribution in [0.4, 0.5) is 15.7 Å². The first-order valence-corrected chi connectivity index (χ1v) is 33.3. The third-order valence-electron chi connectivity index (χ3n) is 19.5. The molecule has 0 spiro atoms. The van der Waals surface area contributed by atoms with Gasteiger partial charge in [0, 0.05) is 92.3 Å². The average Bonchev–Trinajstić information content (AvgIpc) is 0.743. The van der Waals surface area contributed by atoms with Crippen LogP contribution in [0.1, 0.15) is 121 Å². The van der Waals surface area contributed by atoms with Gasteiger partial charge >= 0.3 is 30.3 Å². The summed E-state index contributed by atoms with van der Waals surface area (Å²) in [7, 11) is 0. The summed E-state index contributed by atoms with van der Waals surface area (Å²) in [6, 6.07) is 21.5. The summed E-state index contributed by atoms with van der Waals surface area (Å²) < 4.78 is 38.3. The summed E-state index contributed by atoms with van der Waals surface area (Å²) in [5.74, 6) is -7.62. The van der Waals surface area contributed by atoms with Crippen molar-refractivity contribution in [3.05, 3.63) is 136 Å². The number of nitrogens with two attached hydrogens (primary N) is 1. The number of para-hydroxylation sites is 1. The van der Waals surface area contributed by atoms with E-state index < -0.39 is 58.9 Å². The van der Waals surface area contributed by atoms with Crippen molar-refractivity contribution in [1.82, 2.24) is 29.5 Å². The quantitative estimate of drug-likeness (QED) is 0.0222. The van der Waals surface area contributed by atoms with Crippen molar-refractivity contribution in [3.8, 4) is 22.6 Å². The fourth-order valence-electron chi connectivity index (χ4n) is 16.5. The second-order valence-electron chi connectivity index (χ2n) is 27.1. The van der Waals surface area contributed by atoms with Crippen LogP contribution in [0.5, 0.6) is 11.5 Å². The maximum atomic E-state index is 13.8. The van der Waals surface area contributed by atoms with Crippen molar-refractivity contribution >= 4 is 62.4 Å². The van der Waals surface area contributed by atoms with E-state index >= 15 is 0 Å². The highest BCUT2D eigenvalue weighted by Crippen LogP contribution is 2.72. The van der Waals surface area contributed by atoms with Crippen molar-refractivity contribution in [2.24, 2.45) is 22.0 Å². The van der Waals surface area contributed by atoms with E-state index in [0.29, 0.717) is 118 Å². The molecule has 3 aliphatic heterocycles. The van der Waals surface area contributed by atoms with E-state index in [1.165, 1.54) is 23.5 Å². The minimum Gasteiger partial charge on any atom is -0.503 e. The molecule has 5 atom stereocenters. The Balaban J connectivity index is 0.680. The van der Waals surface area contributed by atoms with Crippen LogP contribution < -0.4 is 25.4 Å². The number of pyridine rings is 1. The molecule has 1 saturated heterocycles. The van der Waals surface area contributed by atoms with Crippen molar-refractivity contribution < 1.29 is 83.0 Å². The number of fused-ring (bicyclic) bond motifs is 2. The summed E-state index contributed by atoms with van der Waals surface area (Å²) in [6.45, 7) is 11.2. The Morgan fingerprint density at radius 2 is 1.60 bits per heavy atom. The number of carbonyl (C=O) groups is 5. The molecule has 4 aliphatic carbocycles. The van der Waals surface area contributed by atoms with Crippen LogP contribution in [0.2, 0.25) is 0 Å². The number of piperidine rings is 1. The zero-order valence-corrected chi connectivity index (χ0v) is 54.7. The van der Waals surface area contributed by atoms with Crippen molar-refractivity contribution in [2.75, 3.05) is 75.9 Å². The van der Waals surface area contributed by atoms with Gasteiger partial charge in [0.1, 0.15) is 30.5 Å². The van der Waals surface area contributed by atoms with Gasteiger partial charge in [0.2, 0.25) is 17.3 Å². The number of rotatable bonds is 27. The number of aliphatic carboxylic acids is 2. The second-order valence-corrected chi connectivity index (χ2v) is 28.1. The number of nitrogens with zero attached hydrogens (tertiary/aromatic N) is 7. The predicted molar refractivity (Wildman–Crippen MR) is 351 cm³/mol. The summed E-state index contributed by atoms with van der Waals surface area (Å²) in [5, 5.41) is 68.9. The number of aliphatic hydroxyl groups is 3. The summed E-state index contributed by atoms with van der Waals surface area (Å²) in [4.78, 5) is 79.5. The molecule has 0 radical (unpaired) electrons. The minimum absolute atomic E-state index is 0.00146. The second kappa shape index (κ2) is 27.6. The van der Waals surface area contributed by atoms with Crippen LogP contribution in [0.25, 0.3) is 21.3 Å². The minimum atomic E-state index is -1.84. The molecule has 13 rings (SSSR count). The van der Waals surface area contributed by atoms with Crippen molar-refractivity contribution in [2.45, 2.75) is 129 Å². The van der Waals surface area contributed by atoms with E-state index in [-0.39, 0.29) is 78.2 Å². The van der Waals surface area contributed by atoms with Gasteiger partial charge in [-0.2, -0.15) is 5.10 Å². The third kappa shape index (κ3) is 14.4. The number of carbonyl (C=O) groups excluding carboxylic acids is 2. The number of carboxylic acid groups (broad SMARTS) is 3. The third-order valence-corrected chi connectivity index (χ3v) is 20.5. The summed E-state index contributed by atoms with van der Waals surface area (Å²) in [5.41, 5.74) is 10.6. The summed E-state index contributed by atoms with van der Waals surface area (Å²) in [6.07, 6.45) is 7.39. The lowest BCUT2D eigenvalue weighted by Gasteiger charge is -2.69. The van der Waals surface area contributed by atoms with Gasteiger partial charge in [0.25, 0.3) is 11.7 Å². The number of aromatic nitrogens is 4. The van der Waals surface area contributed by atoms with Gasteiger partial charge in [-0.3, -0.25) is 24.5 Å². The molecule has 96 heavy (non-hydrogen) atoms. The smallest absolute Gasteiger partial charge is 0.410 e. The normalized spacial score (nSPS) is 23.1. The zero-order valence-electron chi connectivity index (χ0n) is 53.9. The van der Waals surface area contributed by atoms with Crippen LogP contribution in [-0.2, 0) is 54.7 Å². The topological polar surface area (TPSA) is 353 Å². The largest absolute Gasteiger partial charge is 0.503 e. The lowest BCUT2D eigenvalue weighted by atomic mass is 9.39. The molecule has 3 unspecified atom stereocenters. The Morgan fingerprint density at radius 3 is 2.34 bits per heavy atom. The molecule has 9 N–H and O–H groups in total. The number of ether oxygens (including phenoxy) is 6. The van der Waals surface area contributed by atoms with Crippen LogP contribution in [0, 0.1) is 23.2 Å². The number of aromatic carboxylic acids is 1. The number of amides is 2. The van der Waals surface area contributed by atoms with Crippen LogP contribution in [-0.4, -0.2) is 174 Å². The van der Waals surface area contributed by atoms with Gasteiger partial charge in [-0.05, 0) is 148 Å². The maximum Gasteiger partial charge on any atom is 0.410 e. The van der Waals surface area contributed by atoms with Crippen LogP contribution in [0.15, 0.2) is 102 Å². The first-order chi connectivity index (χ1) is 46.0. The Bertz CT molecular complexity index is 3980. The van der Waals surface area contributed by atoms with Gasteiger partial charge in [-0.1, -0.05) is 49.4 Å². The summed E-state index contributed by atoms with van der Waals surface area (Å²) >= 11 is 1.41. The van der Waals surface area contributed by atoms with Gasteiger partial charge in [-0.15, -0.1) is 0 Å². The predicted octanol–water partition coefficient (Wildman–Crippen LogP) is 9.75. The maximum absolute atomic E-state index is 13.8. The Labute approximate surface area is 557 Å². The molecule has 6 aromatic rings. The molecule has 2 amide bonds. The van der Waals surface area contributed by atoms with E-state index in [9.17, 15) is 54.6 Å². The van der Waals surface area contributed by atoms with Gasteiger partial charge in [-0.25, -0.2) is 24.4 Å². The molecule has 26 nitrogen and oxygen atoms in total. The Kier molecular flexibility index (Phi) is 19.3. The standard InChI is InChI=1S/C69H81N9O17S/c1-41-48(46-15-16-53(73-55(46)61(85)86)77-22-17-42-8-6-9-47(49(42)32-77)60(84)74-64-72-50-10-4-5-11-52(50)96-64)31-71-78(41)40-68-35-66(2)34-67(3,36-68)38-69(37-66,39-68)93-27-25-75(21-7-12-54(79)80)44-18-23-76(24-19-44)65(89)92-33-43-13-14-45(30-51(43)91-29-28-90-26-20-70)94-63-58(83)56(81)57(82)59(95-63)62(87)88/h4-6,8-11,13-16,30-31,44,63,81-83H,7,12,17-29,32-40,70H2,1-3H3,(H,79,80)(H,85,86)(H,87,88)(H,72,74,84)/t63-,66-,67?,68?,69?/m0/s1. The number of hydrogen-bond donors (Lipinski definition) is 8. The van der Waals surface area contributed by atoms with Gasteiger partial charge in [0.15, 0.2) is 10.8 Å². The number of likely N-dealkylation sites (tertiary alicyclic amines) is 1. The van der Waals surface area contributed by atoms with E-state index in [1.54, 1.807) is 17.2 Å². The molecule has 4 saturated carbocycles. The number of anilines is 2. The SMILES string of the molecule is Cc1c(-c2ccc(N3CCc4cccc(C(=O)Nc5nc6ccccc6s5)c4C3)nc2C(=O)O)cnn1CC12CC3(C)CC(OCCN(CCCC(=O)O)C4CCN(C(=O)OCc5ccc(O[C@H]6OC(C(=O)O)=C(O)C(O)=C6O)cc5OCCOCCN)CC4)(C1)C[C@@](C)(C3)C2. The molecule has 27 heteroatoms. The molecule has 3 aromatic carbocycles. The number of hydrogen-bond acceptors (Lipinski definition) is 21. The highest BCUT2D eigenvalue weighted by atomic mass is 32.1. The van der Waals surface area contributed by atoms with Gasteiger partial charge in [0.05, 0.1) is 41.8 Å². The number of benzene rings is 3. The number of thiazole rings is 1. The van der Waals surface area contributed by atoms with Crippen molar-refractivity contribution in [1.29, 1.82) is 0 Å². The molecule has 3 aromatic heterocycles. The average molecular weight is 1340 g/mol. The molecular weight excluding hydrogens is 1260 g/mol. The monoisotopic (exact) mass is 1340 g/mol. The fraction of sp³-hybridized carbons (Fsp3) is 0.478. The molecule has 6 heterocycles. The Morgan fingerprint density at radius 1 is 0.823 bits per heavy atom. The van der Waals surface area contributed by atoms with Crippen molar-refractivity contribution in [3.63, 3.8) is 0 Å². The first kappa shape index (κ1) is 67.0. The van der Waals surface area contributed by atoms with Gasteiger partial charge < -0.3 is 74.6 Å². The van der Waals surface area contributed by atoms with E-state index in [1.807, 2.05) is 71.1 Å².